The highest BCUT2D eigenvalue weighted by atomic mass is 19.1. The normalized spacial score (nSPS) is 12.0. The smallest absolute Gasteiger partial charge is 0.330 e. The molecule has 1 atom stereocenters. The van der Waals surface area contributed by atoms with E-state index in [9.17, 15) is 19.1 Å². The average molecular weight is 297 g/mol. The standard InChI is InChI=1S/C15H20FNO4/c1-3-21-8-4-5-13(18)17-14(15(19)20)11-6-7-12(16)10(2)9-11/h6-7,9,14H,3-5,8H2,1-2H3,(H,17,18)(H,19,20). The van der Waals surface area contributed by atoms with Gasteiger partial charge in [0.15, 0.2) is 6.04 Å². The number of carbonyl (C=O) groups is 2. The van der Waals surface area contributed by atoms with Crippen molar-refractivity contribution >= 4 is 11.9 Å². The van der Waals surface area contributed by atoms with Gasteiger partial charge in [0, 0.05) is 19.6 Å². The number of carbonyl (C=O) groups excluding carboxylic acids is 1. The predicted molar refractivity (Wildman–Crippen MR) is 75.4 cm³/mol. The number of rotatable bonds is 8. The molecule has 1 unspecified atom stereocenters. The second-order valence-electron chi connectivity index (χ2n) is 4.65. The van der Waals surface area contributed by atoms with Crippen LogP contribution in [-0.2, 0) is 14.3 Å². The largest absolute Gasteiger partial charge is 0.479 e. The first-order chi connectivity index (χ1) is 9.95. The second-order valence-corrected chi connectivity index (χ2v) is 4.65. The van der Waals surface area contributed by atoms with Gasteiger partial charge < -0.3 is 15.2 Å². The first-order valence-corrected chi connectivity index (χ1v) is 6.81. The van der Waals surface area contributed by atoms with Crippen LogP contribution in [0.25, 0.3) is 0 Å². The zero-order valence-corrected chi connectivity index (χ0v) is 12.2. The Bertz CT molecular complexity index is 504. The molecule has 0 aromatic heterocycles. The third-order valence-corrected chi connectivity index (χ3v) is 2.96. The van der Waals surface area contributed by atoms with Gasteiger partial charge >= 0.3 is 5.97 Å². The highest BCUT2D eigenvalue weighted by Crippen LogP contribution is 2.17. The summed E-state index contributed by atoms with van der Waals surface area (Å²) in [5, 5.41) is 11.7. The number of hydrogen-bond donors (Lipinski definition) is 2. The van der Waals surface area contributed by atoms with Gasteiger partial charge in [-0.3, -0.25) is 4.79 Å². The quantitative estimate of drug-likeness (QED) is 0.721. The summed E-state index contributed by atoms with van der Waals surface area (Å²) in [5.74, 6) is -1.96. The molecule has 0 heterocycles. The Balaban J connectivity index is 2.67. The maximum Gasteiger partial charge on any atom is 0.330 e. The highest BCUT2D eigenvalue weighted by molar-refractivity contribution is 5.84. The number of halogens is 1. The molecule has 0 aliphatic rings. The Morgan fingerprint density at radius 2 is 2.14 bits per heavy atom. The van der Waals surface area contributed by atoms with Crippen LogP contribution < -0.4 is 5.32 Å². The van der Waals surface area contributed by atoms with Gasteiger partial charge in [-0.25, -0.2) is 9.18 Å². The van der Waals surface area contributed by atoms with Gasteiger partial charge in [0.2, 0.25) is 5.91 Å². The molecule has 0 saturated carbocycles. The van der Waals surface area contributed by atoms with E-state index < -0.39 is 17.8 Å². The Labute approximate surface area is 123 Å². The fraction of sp³-hybridized carbons (Fsp3) is 0.467. The van der Waals surface area contributed by atoms with Crippen molar-refractivity contribution < 1.29 is 23.8 Å². The Morgan fingerprint density at radius 3 is 2.71 bits per heavy atom. The first-order valence-electron chi connectivity index (χ1n) is 6.81. The Morgan fingerprint density at radius 1 is 1.43 bits per heavy atom. The van der Waals surface area contributed by atoms with Crippen molar-refractivity contribution in [1.82, 2.24) is 5.32 Å². The third-order valence-electron chi connectivity index (χ3n) is 2.96. The number of carboxylic acids is 1. The lowest BCUT2D eigenvalue weighted by Gasteiger charge is -2.15. The SMILES string of the molecule is CCOCCCC(=O)NC(C(=O)O)c1ccc(F)c(C)c1. The molecule has 116 valence electrons. The van der Waals surface area contributed by atoms with E-state index in [1.807, 2.05) is 6.92 Å². The van der Waals surface area contributed by atoms with Crippen LogP contribution in [0.1, 0.15) is 36.9 Å². The lowest BCUT2D eigenvalue weighted by Crippen LogP contribution is -2.33. The van der Waals surface area contributed by atoms with Gasteiger partial charge in [0.05, 0.1) is 0 Å². The first kappa shape index (κ1) is 17.1. The van der Waals surface area contributed by atoms with Crippen molar-refractivity contribution in [3.05, 3.63) is 35.1 Å². The van der Waals surface area contributed by atoms with Crippen LogP contribution >= 0.6 is 0 Å². The van der Waals surface area contributed by atoms with E-state index in [1.54, 1.807) is 6.92 Å². The fourth-order valence-electron chi connectivity index (χ4n) is 1.85. The summed E-state index contributed by atoms with van der Waals surface area (Å²) >= 11 is 0. The molecule has 0 aliphatic heterocycles. The molecule has 0 radical (unpaired) electrons. The summed E-state index contributed by atoms with van der Waals surface area (Å²) in [7, 11) is 0. The van der Waals surface area contributed by atoms with Gasteiger partial charge in [-0.1, -0.05) is 12.1 Å². The molecule has 1 aromatic rings. The molecule has 21 heavy (non-hydrogen) atoms. The summed E-state index contributed by atoms with van der Waals surface area (Å²) in [6, 6.07) is 2.81. The Hall–Kier alpha value is -1.95. The average Bonchev–Trinajstić information content (AvgIpc) is 2.44. The molecular weight excluding hydrogens is 277 g/mol. The van der Waals surface area contributed by atoms with Crippen LogP contribution in [0.15, 0.2) is 18.2 Å². The summed E-state index contributed by atoms with van der Waals surface area (Å²) < 4.78 is 18.3. The monoisotopic (exact) mass is 297 g/mol. The molecule has 6 heteroatoms. The molecule has 0 fully saturated rings. The van der Waals surface area contributed by atoms with E-state index in [2.05, 4.69) is 5.32 Å². The minimum atomic E-state index is -1.18. The van der Waals surface area contributed by atoms with E-state index in [-0.39, 0.29) is 12.3 Å². The van der Waals surface area contributed by atoms with Gasteiger partial charge in [-0.15, -0.1) is 0 Å². The zero-order valence-electron chi connectivity index (χ0n) is 12.2. The highest BCUT2D eigenvalue weighted by Gasteiger charge is 2.22. The van der Waals surface area contributed by atoms with Gasteiger partial charge in [-0.2, -0.15) is 0 Å². The second kappa shape index (κ2) is 8.36. The number of amides is 1. The summed E-state index contributed by atoms with van der Waals surface area (Å²) in [6.45, 7) is 4.44. The van der Waals surface area contributed by atoms with Crippen molar-refractivity contribution in [2.75, 3.05) is 13.2 Å². The lowest BCUT2D eigenvalue weighted by molar-refractivity contribution is -0.142. The van der Waals surface area contributed by atoms with E-state index in [0.29, 0.717) is 30.8 Å². The molecular formula is C15H20FNO4. The number of aryl methyl sites for hydroxylation is 1. The van der Waals surface area contributed by atoms with E-state index in [4.69, 9.17) is 4.74 Å². The molecule has 2 N–H and O–H groups in total. The van der Waals surface area contributed by atoms with Crippen LogP contribution in [-0.4, -0.2) is 30.2 Å². The Kier molecular flexibility index (Phi) is 6.81. The molecule has 1 rings (SSSR count). The number of carboxylic acid groups (broad SMARTS) is 1. The van der Waals surface area contributed by atoms with Crippen LogP contribution in [0, 0.1) is 12.7 Å². The maximum absolute atomic E-state index is 13.2. The summed E-state index contributed by atoms with van der Waals surface area (Å²) in [6.07, 6.45) is 0.707. The maximum atomic E-state index is 13.2. The van der Waals surface area contributed by atoms with Gasteiger partial charge in [0.1, 0.15) is 5.82 Å². The van der Waals surface area contributed by atoms with E-state index in [0.717, 1.165) is 0 Å². The summed E-state index contributed by atoms with van der Waals surface area (Å²) in [4.78, 5) is 23.0. The lowest BCUT2D eigenvalue weighted by atomic mass is 10.0. The molecule has 0 spiro atoms. The van der Waals surface area contributed by atoms with Crippen molar-refractivity contribution in [1.29, 1.82) is 0 Å². The summed E-state index contributed by atoms with van der Waals surface area (Å²) in [5.41, 5.74) is 0.684. The predicted octanol–water partition coefficient (Wildman–Crippen LogP) is 2.19. The number of benzene rings is 1. The van der Waals surface area contributed by atoms with Gasteiger partial charge in [0.25, 0.3) is 0 Å². The van der Waals surface area contributed by atoms with Crippen LogP contribution in [0.4, 0.5) is 4.39 Å². The molecule has 1 amide bonds. The van der Waals surface area contributed by atoms with E-state index in [1.165, 1.54) is 18.2 Å². The molecule has 0 aliphatic carbocycles. The number of ether oxygens (including phenoxy) is 1. The molecule has 0 saturated heterocycles. The number of aliphatic carboxylic acids is 1. The van der Waals surface area contributed by atoms with Crippen molar-refractivity contribution in [2.45, 2.75) is 32.7 Å². The van der Waals surface area contributed by atoms with Crippen molar-refractivity contribution in [3.63, 3.8) is 0 Å². The number of nitrogens with one attached hydrogen (secondary N) is 1. The minimum absolute atomic E-state index is 0.184. The minimum Gasteiger partial charge on any atom is -0.479 e. The molecule has 1 aromatic carbocycles. The van der Waals surface area contributed by atoms with Crippen molar-refractivity contribution in [2.24, 2.45) is 0 Å². The zero-order chi connectivity index (χ0) is 15.8. The topological polar surface area (TPSA) is 75.6 Å². The molecule has 5 nitrogen and oxygen atoms in total. The third kappa shape index (κ3) is 5.51. The van der Waals surface area contributed by atoms with Crippen LogP contribution in [0.2, 0.25) is 0 Å². The van der Waals surface area contributed by atoms with Crippen LogP contribution in [0.5, 0.6) is 0 Å². The van der Waals surface area contributed by atoms with Gasteiger partial charge in [-0.05, 0) is 37.5 Å². The van der Waals surface area contributed by atoms with Crippen molar-refractivity contribution in [3.8, 4) is 0 Å². The van der Waals surface area contributed by atoms with E-state index >= 15 is 0 Å². The molecule has 0 bridgehead atoms. The number of hydrogen-bond acceptors (Lipinski definition) is 3. The van der Waals surface area contributed by atoms with Crippen LogP contribution in [0.3, 0.4) is 0 Å². The fourth-order valence-corrected chi connectivity index (χ4v) is 1.85.